The van der Waals surface area contributed by atoms with Gasteiger partial charge in [0.2, 0.25) is 5.91 Å². The molecule has 7 nitrogen and oxygen atoms in total. The van der Waals surface area contributed by atoms with Crippen LogP contribution in [0.2, 0.25) is 0 Å². The topological polar surface area (TPSA) is 90.1 Å². The predicted octanol–water partition coefficient (Wildman–Crippen LogP) is 2.09. The van der Waals surface area contributed by atoms with E-state index < -0.39 is 0 Å². The van der Waals surface area contributed by atoms with Crippen molar-refractivity contribution in [3.8, 4) is 0 Å². The molecule has 30 heavy (non-hydrogen) atoms. The van der Waals surface area contributed by atoms with Crippen molar-refractivity contribution in [3.63, 3.8) is 0 Å². The second kappa shape index (κ2) is 9.57. The summed E-state index contributed by atoms with van der Waals surface area (Å²) in [6, 6.07) is 4.99. The second-order valence-electron chi connectivity index (χ2n) is 7.82. The van der Waals surface area contributed by atoms with Gasteiger partial charge in [0.05, 0.1) is 0 Å². The highest BCUT2D eigenvalue weighted by molar-refractivity contribution is 5.94. The van der Waals surface area contributed by atoms with E-state index in [9.17, 15) is 14.0 Å². The van der Waals surface area contributed by atoms with Crippen LogP contribution in [-0.4, -0.2) is 46.5 Å². The van der Waals surface area contributed by atoms with Gasteiger partial charge >= 0.3 is 0 Å². The van der Waals surface area contributed by atoms with E-state index in [1.807, 2.05) is 6.07 Å². The molecule has 2 aliphatic heterocycles. The molecule has 3 N–H and O–H groups in total. The van der Waals surface area contributed by atoms with E-state index in [2.05, 4.69) is 20.8 Å². The third-order valence-electron chi connectivity index (χ3n) is 5.86. The minimum Gasteiger partial charge on any atom is -0.352 e. The number of hydrogen-bond acceptors (Lipinski definition) is 4. The third-order valence-corrected chi connectivity index (χ3v) is 5.86. The minimum absolute atomic E-state index is 0. The molecular weight excluding hydrogens is 409 g/mol. The molecule has 9 heteroatoms. The Kier molecular flexibility index (Phi) is 7.10. The van der Waals surface area contributed by atoms with Gasteiger partial charge in [0.1, 0.15) is 5.82 Å². The summed E-state index contributed by atoms with van der Waals surface area (Å²) in [7, 11) is 0. The Morgan fingerprint density at radius 2 is 2.07 bits per heavy atom. The number of H-pyrrole nitrogens is 1. The predicted molar refractivity (Wildman–Crippen MR) is 113 cm³/mol. The van der Waals surface area contributed by atoms with Gasteiger partial charge in [-0.3, -0.25) is 14.7 Å². The van der Waals surface area contributed by atoms with Gasteiger partial charge in [0, 0.05) is 56.3 Å². The quantitative estimate of drug-likeness (QED) is 0.686. The molecular formula is C21H27ClFN5O2. The van der Waals surface area contributed by atoms with E-state index in [1.54, 1.807) is 17.9 Å². The lowest BCUT2D eigenvalue weighted by Crippen LogP contribution is -2.43. The summed E-state index contributed by atoms with van der Waals surface area (Å²) in [6.45, 7) is 4.63. The third kappa shape index (κ3) is 4.65. The number of carbonyl (C=O) groups excluding carboxylic acids is 2. The van der Waals surface area contributed by atoms with E-state index in [-0.39, 0.29) is 36.0 Å². The first kappa shape index (κ1) is 22.2. The largest absolute Gasteiger partial charge is 0.352 e. The molecule has 1 saturated heterocycles. The standard InChI is InChI=1S/C21H26FN5O2.ClH/c1-13-2-3-14(10-17(13)22)11-24-20(28)15-5-8-27(9-6-15)21(29)19-16-12-23-7-4-18(16)25-26-19;/h2-3,10,15,23H,4-9,11-12H2,1H3,(H,24,28)(H,25,26);1H. The van der Waals surface area contributed by atoms with Gasteiger partial charge in [0.15, 0.2) is 5.69 Å². The number of aromatic nitrogens is 2. The summed E-state index contributed by atoms with van der Waals surface area (Å²) >= 11 is 0. The van der Waals surface area contributed by atoms with Crippen molar-refractivity contribution in [2.45, 2.75) is 39.3 Å². The number of fused-ring (bicyclic) bond motifs is 1. The summed E-state index contributed by atoms with van der Waals surface area (Å²) in [5.41, 5.74) is 3.83. The van der Waals surface area contributed by atoms with Crippen LogP contribution in [0.15, 0.2) is 18.2 Å². The van der Waals surface area contributed by atoms with E-state index >= 15 is 0 Å². The Balaban J connectivity index is 0.00000256. The minimum atomic E-state index is -0.265. The first-order valence-electron chi connectivity index (χ1n) is 10.1. The average molecular weight is 436 g/mol. The van der Waals surface area contributed by atoms with Crippen LogP contribution in [-0.2, 0) is 24.3 Å². The van der Waals surface area contributed by atoms with Crippen molar-refractivity contribution >= 4 is 24.2 Å². The zero-order valence-electron chi connectivity index (χ0n) is 17.0. The molecule has 162 valence electrons. The molecule has 2 amide bonds. The first-order chi connectivity index (χ1) is 14.0. The molecule has 0 bridgehead atoms. The molecule has 0 atom stereocenters. The van der Waals surface area contributed by atoms with E-state index in [0.29, 0.717) is 50.3 Å². The number of hydrogen-bond donors (Lipinski definition) is 3. The molecule has 4 rings (SSSR count). The highest BCUT2D eigenvalue weighted by Gasteiger charge is 2.30. The number of carbonyl (C=O) groups is 2. The fraction of sp³-hybridized carbons (Fsp3) is 0.476. The molecule has 0 aliphatic carbocycles. The molecule has 1 fully saturated rings. The van der Waals surface area contributed by atoms with Gasteiger partial charge in [-0.2, -0.15) is 5.10 Å². The Bertz CT molecular complexity index is 924. The van der Waals surface area contributed by atoms with Crippen LogP contribution in [0.3, 0.4) is 0 Å². The highest BCUT2D eigenvalue weighted by atomic mass is 35.5. The lowest BCUT2D eigenvalue weighted by molar-refractivity contribution is -0.126. The van der Waals surface area contributed by atoms with Crippen molar-refractivity contribution in [1.29, 1.82) is 0 Å². The van der Waals surface area contributed by atoms with E-state index in [4.69, 9.17) is 0 Å². The van der Waals surface area contributed by atoms with Crippen LogP contribution in [0.1, 0.15) is 45.7 Å². The Labute approximate surface area is 181 Å². The number of aromatic amines is 1. The van der Waals surface area contributed by atoms with Gasteiger partial charge in [-0.05, 0) is 37.0 Å². The zero-order valence-corrected chi connectivity index (χ0v) is 17.8. The SMILES string of the molecule is Cc1ccc(CNC(=O)C2CCN(C(=O)c3n[nH]c4c3CNCC4)CC2)cc1F.Cl. The summed E-state index contributed by atoms with van der Waals surface area (Å²) < 4.78 is 13.6. The average Bonchev–Trinajstić information content (AvgIpc) is 3.18. The number of amides is 2. The number of nitrogens with one attached hydrogen (secondary N) is 3. The fourth-order valence-electron chi connectivity index (χ4n) is 3.98. The van der Waals surface area contributed by atoms with Crippen molar-refractivity contribution < 1.29 is 14.0 Å². The molecule has 3 heterocycles. The maximum atomic E-state index is 13.6. The van der Waals surface area contributed by atoms with Gasteiger partial charge in [-0.25, -0.2) is 4.39 Å². The molecule has 0 saturated carbocycles. The second-order valence-corrected chi connectivity index (χ2v) is 7.82. The summed E-state index contributed by atoms with van der Waals surface area (Å²) in [5.74, 6) is -0.511. The van der Waals surface area contributed by atoms with Crippen molar-refractivity contribution in [1.82, 2.24) is 25.7 Å². The molecule has 0 radical (unpaired) electrons. The van der Waals surface area contributed by atoms with E-state index in [1.165, 1.54) is 6.07 Å². The van der Waals surface area contributed by atoms with Crippen LogP contribution in [0.5, 0.6) is 0 Å². The van der Waals surface area contributed by atoms with Gasteiger partial charge in [0.25, 0.3) is 5.91 Å². The van der Waals surface area contributed by atoms with Crippen molar-refractivity contribution in [3.05, 3.63) is 52.1 Å². The molecule has 1 aromatic carbocycles. The maximum Gasteiger partial charge on any atom is 0.274 e. The van der Waals surface area contributed by atoms with Gasteiger partial charge < -0.3 is 15.5 Å². The first-order valence-corrected chi connectivity index (χ1v) is 10.1. The number of likely N-dealkylation sites (tertiary alicyclic amines) is 1. The zero-order chi connectivity index (χ0) is 20.4. The maximum absolute atomic E-state index is 13.6. The van der Waals surface area contributed by atoms with Gasteiger partial charge in [-0.1, -0.05) is 12.1 Å². The number of benzene rings is 1. The number of nitrogens with zero attached hydrogens (tertiary/aromatic N) is 2. The van der Waals surface area contributed by atoms with Crippen molar-refractivity contribution in [2.75, 3.05) is 19.6 Å². The molecule has 2 aliphatic rings. The number of halogens is 2. The Hall–Kier alpha value is -2.45. The number of rotatable bonds is 4. The highest BCUT2D eigenvalue weighted by Crippen LogP contribution is 2.22. The molecule has 0 unspecified atom stereocenters. The van der Waals surface area contributed by atoms with Crippen LogP contribution in [0, 0.1) is 18.7 Å². The summed E-state index contributed by atoms with van der Waals surface area (Å²) in [6.07, 6.45) is 2.08. The molecule has 2 aromatic rings. The monoisotopic (exact) mass is 435 g/mol. The normalized spacial score (nSPS) is 16.5. The van der Waals surface area contributed by atoms with Crippen molar-refractivity contribution in [2.24, 2.45) is 5.92 Å². The lowest BCUT2D eigenvalue weighted by atomic mass is 9.95. The number of aryl methyl sites for hydroxylation is 1. The number of piperidine rings is 1. The summed E-state index contributed by atoms with van der Waals surface area (Å²) in [5, 5.41) is 13.4. The Morgan fingerprint density at radius 1 is 1.30 bits per heavy atom. The lowest BCUT2D eigenvalue weighted by Gasteiger charge is -2.31. The Morgan fingerprint density at radius 3 is 2.80 bits per heavy atom. The summed E-state index contributed by atoms with van der Waals surface area (Å²) in [4.78, 5) is 27.1. The molecule has 1 aromatic heterocycles. The molecule has 0 spiro atoms. The van der Waals surface area contributed by atoms with Crippen LogP contribution >= 0.6 is 12.4 Å². The van der Waals surface area contributed by atoms with E-state index in [0.717, 1.165) is 29.8 Å². The van der Waals surface area contributed by atoms with Gasteiger partial charge in [-0.15, -0.1) is 12.4 Å². The smallest absolute Gasteiger partial charge is 0.274 e. The fourth-order valence-corrected chi connectivity index (χ4v) is 3.98. The van der Waals surface area contributed by atoms with Crippen LogP contribution in [0.4, 0.5) is 4.39 Å². The van der Waals surface area contributed by atoms with Crippen LogP contribution < -0.4 is 10.6 Å². The van der Waals surface area contributed by atoms with Crippen LogP contribution in [0.25, 0.3) is 0 Å².